The predicted molar refractivity (Wildman–Crippen MR) is 200 cm³/mol. The van der Waals surface area contributed by atoms with Gasteiger partial charge in [0.1, 0.15) is 5.75 Å². The number of phenolic OH excluding ortho intramolecular Hbond substituents is 1. The molecule has 0 unspecified atom stereocenters. The first kappa shape index (κ1) is 33.2. The average molecular weight is 719 g/mol. The Labute approximate surface area is 309 Å². The predicted octanol–water partition coefficient (Wildman–Crippen LogP) is 6.95. The number of phenols is 1. The topological polar surface area (TPSA) is 150 Å². The van der Waals surface area contributed by atoms with E-state index in [1.807, 2.05) is 79.7 Å². The van der Waals surface area contributed by atoms with E-state index in [4.69, 9.17) is 0 Å². The molecule has 2 aliphatic carbocycles. The maximum atomic E-state index is 15.5. The summed E-state index contributed by atoms with van der Waals surface area (Å²) >= 11 is 0. The van der Waals surface area contributed by atoms with Crippen molar-refractivity contribution in [1.82, 2.24) is 5.01 Å². The number of hydrazine groups is 1. The minimum atomic E-state index is -1.56. The highest BCUT2D eigenvalue weighted by molar-refractivity contribution is 6.23. The number of rotatable bonds is 6. The summed E-state index contributed by atoms with van der Waals surface area (Å²) in [5, 5.41) is 26.2. The SMILES string of the molecule is Cc1ccc(NN2C(=O)[C@@H]3C[C@@H]4C(=CC[C@@H]5C(=O)N(c6cccc([N+](=O)[O-])c6)C(=O)[C@@H]54)[C@H](c4c(O)ccc5ccccc45)[C@]3(c3ccccc3)C2=O)cc1. The third kappa shape index (κ3) is 4.67. The minimum absolute atomic E-state index is 0.0614. The molecule has 11 nitrogen and oxygen atoms in total. The van der Waals surface area contributed by atoms with E-state index in [1.54, 1.807) is 24.3 Å². The molecule has 3 fully saturated rings. The number of carbonyl (C=O) groups is 4. The fraction of sp³-hybridized carbons (Fsp3) is 0.209. The lowest BCUT2D eigenvalue weighted by molar-refractivity contribution is -0.384. The Morgan fingerprint density at radius 3 is 2.31 bits per heavy atom. The fourth-order valence-electron chi connectivity index (χ4n) is 9.65. The number of aromatic hydroxyl groups is 1. The number of imide groups is 2. The van der Waals surface area contributed by atoms with Gasteiger partial charge in [-0.3, -0.25) is 34.7 Å². The molecule has 2 N–H and O–H groups in total. The van der Waals surface area contributed by atoms with E-state index in [9.17, 15) is 29.6 Å². The molecule has 0 aromatic heterocycles. The number of anilines is 2. The van der Waals surface area contributed by atoms with Gasteiger partial charge >= 0.3 is 0 Å². The normalized spacial score (nSPS) is 26.0. The maximum absolute atomic E-state index is 15.5. The molecule has 54 heavy (non-hydrogen) atoms. The molecule has 11 heteroatoms. The number of allylic oxidation sites excluding steroid dienone is 2. The van der Waals surface area contributed by atoms with Crippen LogP contribution in [0.5, 0.6) is 5.75 Å². The third-order valence-corrected chi connectivity index (χ3v) is 11.9. The number of non-ortho nitro benzene ring substituents is 1. The average Bonchev–Trinajstić information content (AvgIpc) is 3.57. The van der Waals surface area contributed by atoms with Crippen molar-refractivity contribution < 1.29 is 29.2 Å². The lowest BCUT2D eigenvalue weighted by atomic mass is 9.48. The third-order valence-electron chi connectivity index (χ3n) is 11.9. The van der Waals surface area contributed by atoms with Crippen molar-refractivity contribution in [1.29, 1.82) is 0 Å². The van der Waals surface area contributed by atoms with E-state index in [-0.39, 0.29) is 30.0 Å². The van der Waals surface area contributed by atoms with Crippen LogP contribution in [-0.4, -0.2) is 38.7 Å². The summed E-state index contributed by atoms with van der Waals surface area (Å²) in [5.41, 5.74) is 4.68. The Kier molecular flexibility index (Phi) is 7.53. The van der Waals surface area contributed by atoms with Crippen LogP contribution in [-0.2, 0) is 24.6 Å². The Bertz CT molecular complexity index is 2460. The second-order valence-electron chi connectivity index (χ2n) is 14.6. The number of carbonyl (C=O) groups excluding carboxylic acids is 4. The smallest absolute Gasteiger partial charge is 0.271 e. The first-order valence-corrected chi connectivity index (χ1v) is 17.9. The molecule has 9 rings (SSSR count). The molecule has 4 amide bonds. The van der Waals surface area contributed by atoms with Crippen molar-refractivity contribution in [3.05, 3.63) is 154 Å². The summed E-state index contributed by atoms with van der Waals surface area (Å²) < 4.78 is 0. The standard InChI is InChI=1S/C43H34N4O7/c1-24-14-17-27(18-15-24)44-46-40(50)34-23-33-31(19-20-32-36(33)41(51)45(39(32)49)28-11-7-12-29(22-28)47(53)54)38(43(34,42(46)52)26-9-3-2-4-10-26)37-30-13-6-5-8-25(30)16-21-35(37)48/h2-19,21-22,32-34,36,38,44,48H,20,23H2,1H3/t32-,33+,34-,36-,38+,43+/m0/s1. The Morgan fingerprint density at radius 2 is 1.56 bits per heavy atom. The molecule has 268 valence electrons. The van der Waals surface area contributed by atoms with Crippen molar-refractivity contribution in [2.24, 2.45) is 23.7 Å². The van der Waals surface area contributed by atoms with E-state index in [0.29, 0.717) is 27.8 Å². The van der Waals surface area contributed by atoms with Crippen molar-refractivity contribution in [3.63, 3.8) is 0 Å². The van der Waals surface area contributed by atoms with Gasteiger partial charge < -0.3 is 5.11 Å². The number of nitrogens with one attached hydrogen (secondary N) is 1. The zero-order chi connectivity index (χ0) is 37.5. The summed E-state index contributed by atoms with van der Waals surface area (Å²) in [6.45, 7) is 1.94. The van der Waals surface area contributed by atoms with Crippen LogP contribution in [0.2, 0.25) is 0 Å². The van der Waals surface area contributed by atoms with E-state index >= 15 is 4.79 Å². The molecule has 2 heterocycles. The van der Waals surface area contributed by atoms with E-state index in [1.165, 1.54) is 24.3 Å². The van der Waals surface area contributed by atoms with Gasteiger partial charge in [0.05, 0.1) is 39.5 Å². The molecule has 2 aliphatic heterocycles. The van der Waals surface area contributed by atoms with Crippen LogP contribution in [0.4, 0.5) is 17.1 Å². The van der Waals surface area contributed by atoms with Crippen molar-refractivity contribution in [3.8, 4) is 5.75 Å². The number of nitrogens with zero attached hydrogens (tertiary/aromatic N) is 3. The first-order chi connectivity index (χ1) is 26.1. The zero-order valence-corrected chi connectivity index (χ0v) is 29.1. The molecular formula is C43H34N4O7. The van der Waals surface area contributed by atoms with Gasteiger partial charge in [-0.1, -0.05) is 96.1 Å². The van der Waals surface area contributed by atoms with Crippen molar-refractivity contribution in [2.45, 2.75) is 31.1 Å². The number of hydrogen-bond acceptors (Lipinski definition) is 8. The zero-order valence-electron chi connectivity index (χ0n) is 29.1. The van der Waals surface area contributed by atoms with E-state index in [0.717, 1.165) is 20.9 Å². The molecule has 0 spiro atoms. The second-order valence-corrected chi connectivity index (χ2v) is 14.6. The molecule has 6 atom stereocenters. The number of amides is 4. The molecule has 5 aromatic rings. The molecule has 0 radical (unpaired) electrons. The first-order valence-electron chi connectivity index (χ1n) is 17.9. The highest BCUT2D eigenvalue weighted by Crippen LogP contribution is 2.65. The summed E-state index contributed by atoms with van der Waals surface area (Å²) in [6.07, 6.45) is 2.16. The largest absolute Gasteiger partial charge is 0.508 e. The highest BCUT2D eigenvalue weighted by atomic mass is 16.6. The van der Waals surface area contributed by atoms with Crippen molar-refractivity contribution >= 4 is 51.5 Å². The number of aryl methyl sites for hydroxylation is 1. The van der Waals surface area contributed by atoms with Gasteiger partial charge in [-0.15, -0.1) is 0 Å². The Balaban J connectivity index is 1.27. The van der Waals surface area contributed by atoms with Gasteiger partial charge in [0.2, 0.25) is 11.8 Å². The van der Waals surface area contributed by atoms with Crippen LogP contribution >= 0.6 is 0 Å². The minimum Gasteiger partial charge on any atom is -0.508 e. The van der Waals surface area contributed by atoms with Crippen molar-refractivity contribution in [2.75, 3.05) is 10.3 Å². The number of fused-ring (bicyclic) bond motifs is 5. The van der Waals surface area contributed by atoms with Crippen LogP contribution in [0.15, 0.2) is 127 Å². The van der Waals surface area contributed by atoms with Crippen LogP contribution in [0, 0.1) is 40.7 Å². The Morgan fingerprint density at radius 1 is 0.815 bits per heavy atom. The maximum Gasteiger partial charge on any atom is 0.271 e. The molecule has 1 saturated carbocycles. The summed E-state index contributed by atoms with van der Waals surface area (Å²) in [7, 11) is 0. The van der Waals surface area contributed by atoms with Crippen LogP contribution in [0.3, 0.4) is 0 Å². The van der Waals surface area contributed by atoms with Gasteiger partial charge in [-0.25, -0.2) is 4.90 Å². The number of nitro benzene ring substituents is 1. The molecule has 0 bridgehead atoms. The quantitative estimate of drug-likeness (QED) is 0.0829. The molecule has 5 aromatic carbocycles. The second kappa shape index (κ2) is 12.2. The molecule has 2 saturated heterocycles. The molecule has 4 aliphatic rings. The Hall–Kier alpha value is -6.62. The number of benzene rings is 5. The van der Waals surface area contributed by atoms with Gasteiger partial charge in [0.25, 0.3) is 17.5 Å². The summed E-state index contributed by atoms with van der Waals surface area (Å²) in [4.78, 5) is 71.3. The monoisotopic (exact) mass is 718 g/mol. The summed E-state index contributed by atoms with van der Waals surface area (Å²) in [5.74, 6) is -6.33. The number of hydrogen-bond donors (Lipinski definition) is 2. The molecular weight excluding hydrogens is 684 g/mol. The highest BCUT2D eigenvalue weighted by Gasteiger charge is 2.70. The van der Waals surface area contributed by atoms with Crippen LogP contribution in [0.1, 0.15) is 35.4 Å². The van der Waals surface area contributed by atoms with Gasteiger partial charge in [0, 0.05) is 23.6 Å². The van der Waals surface area contributed by atoms with Crippen LogP contribution in [0.25, 0.3) is 10.8 Å². The lowest BCUT2D eigenvalue weighted by Crippen LogP contribution is -2.53. The van der Waals surface area contributed by atoms with Gasteiger partial charge in [-0.05, 0) is 66.3 Å². The van der Waals surface area contributed by atoms with Gasteiger partial charge in [0.15, 0.2) is 0 Å². The fourth-order valence-corrected chi connectivity index (χ4v) is 9.65. The van der Waals surface area contributed by atoms with E-state index in [2.05, 4.69) is 5.43 Å². The lowest BCUT2D eigenvalue weighted by Gasteiger charge is -2.51. The van der Waals surface area contributed by atoms with Crippen LogP contribution < -0.4 is 10.3 Å². The summed E-state index contributed by atoms with van der Waals surface area (Å²) in [6, 6.07) is 32.9. The van der Waals surface area contributed by atoms with Gasteiger partial charge in [-0.2, -0.15) is 5.01 Å². The number of nitro groups is 1. The van der Waals surface area contributed by atoms with E-state index < -0.39 is 63.6 Å².